The number of hydrogen-bond donors (Lipinski definition) is 1. The quantitative estimate of drug-likeness (QED) is 0.643. The fraction of sp³-hybridized carbons (Fsp3) is 0.389. The lowest BCUT2D eigenvalue weighted by atomic mass is 10.1. The van der Waals surface area contributed by atoms with Gasteiger partial charge < -0.3 is 15.5 Å². The number of aryl methyl sites for hydroxylation is 2. The van der Waals surface area contributed by atoms with E-state index in [2.05, 4.69) is 15.0 Å². The van der Waals surface area contributed by atoms with Gasteiger partial charge in [-0.05, 0) is 38.1 Å². The van der Waals surface area contributed by atoms with E-state index in [9.17, 15) is 13.2 Å². The van der Waals surface area contributed by atoms with Crippen molar-refractivity contribution in [3.63, 3.8) is 0 Å². The van der Waals surface area contributed by atoms with Crippen molar-refractivity contribution in [3.05, 3.63) is 47.3 Å². The number of anilines is 1. The first-order valence-corrected chi connectivity index (χ1v) is 8.56. The summed E-state index contributed by atoms with van der Waals surface area (Å²) in [7, 11) is 0. The van der Waals surface area contributed by atoms with Crippen molar-refractivity contribution < 1.29 is 13.2 Å². The summed E-state index contributed by atoms with van der Waals surface area (Å²) >= 11 is 0. The number of hydrogen-bond acceptors (Lipinski definition) is 4. The molecule has 144 valence electrons. The van der Waals surface area contributed by atoms with E-state index < -0.39 is 11.7 Å². The van der Waals surface area contributed by atoms with E-state index in [1.807, 2.05) is 29.7 Å². The lowest BCUT2D eigenvalue weighted by molar-refractivity contribution is -0.137. The summed E-state index contributed by atoms with van der Waals surface area (Å²) in [5.74, 6) is 0.619. The number of nitrogens with two attached hydrogens (primary N) is 1. The number of benzene rings is 1. The molecule has 0 amide bonds. The number of nitrogens with zero attached hydrogens (tertiary/aromatic N) is 5. The molecule has 9 heteroatoms. The van der Waals surface area contributed by atoms with Crippen molar-refractivity contribution in [3.8, 4) is 0 Å². The van der Waals surface area contributed by atoms with Crippen LogP contribution in [-0.4, -0.2) is 47.0 Å². The molecular weight excluding hydrogens is 357 g/mol. The first kappa shape index (κ1) is 18.9. The van der Waals surface area contributed by atoms with Gasteiger partial charge in [0.15, 0.2) is 5.96 Å². The Morgan fingerprint density at radius 3 is 2.26 bits per heavy atom. The van der Waals surface area contributed by atoms with E-state index in [0.717, 1.165) is 17.5 Å². The monoisotopic (exact) mass is 378 g/mol. The fourth-order valence-electron chi connectivity index (χ4n) is 3.00. The third-order valence-corrected chi connectivity index (χ3v) is 4.33. The predicted octanol–water partition coefficient (Wildman–Crippen LogP) is 2.88. The van der Waals surface area contributed by atoms with Crippen LogP contribution in [0.1, 0.15) is 17.0 Å². The zero-order chi connectivity index (χ0) is 19.6. The first-order chi connectivity index (χ1) is 12.7. The molecule has 1 aliphatic rings. The predicted molar refractivity (Wildman–Crippen MR) is 98.0 cm³/mol. The fourth-order valence-corrected chi connectivity index (χ4v) is 3.00. The number of halogens is 3. The smallest absolute Gasteiger partial charge is 0.369 e. The van der Waals surface area contributed by atoms with E-state index in [1.165, 1.54) is 12.1 Å². The Hall–Kier alpha value is -2.84. The van der Waals surface area contributed by atoms with Crippen molar-refractivity contribution in [2.24, 2.45) is 10.7 Å². The van der Waals surface area contributed by atoms with Crippen molar-refractivity contribution in [2.45, 2.75) is 20.0 Å². The van der Waals surface area contributed by atoms with Gasteiger partial charge >= 0.3 is 6.18 Å². The molecule has 27 heavy (non-hydrogen) atoms. The summed E-state index contributed by atoms with van der Waals surface area (Å²) in [6.07, 6.45) is -4.35. The molecule has 2 N–H and O–H groups in total. The zero-order valence-corrected chi connectivity index (χ0v) is 15.2. The summed E-state index contributed by atoms with van der Waals surface area (Å²) < 4.78 is 38.7. The average molecular weight is 378 g/mol. The number of aliphatic imine (C=N–C) groups is 1. The summed E-state index contributed by atoms with van der Waals surface area (Å²) in [5, 5.41) is 0. The highest BCUT2D eigenvalue weighted by Gasteiger charge is 2.31. The van der Waals surface area contributed by atoms with Crippen LogP contribution in [-0.2, 0) is 6.18 Å². The largest absolute Gasteiger partial charge is 0.416 e. The molecule has 0 bridgehead atoms. The molecule has 0 atom stereocenters. The summed E-state index contributed by atoms with van der Waals surface area (Å²) in [6, 6.07) is 7.22. The summed E-state index contributed by atoms with van der Waals surface area (Å²) in [6.45, 7) is 5.92. The zero-order valence-electron chi connectivity index (χ0n) is 15.2. The van der Waals surface area contributed by atoms with Gasteiger partial charge in [-0.2, -0.15) is 18.2 Å². The van der Waals surface area contributed by atoms with E-state index in [-0.39, 0.29) is 0 Å². The Balaban J connectivity index is 1.67. The maximum atomic E-state index is 12.9. The topological polar surface area (TPSA) is 70.6 Å². The van der Waals surface area contributed by atoms with Crippen molar-refractivity contribution in [1.29, 1.82) is 0 Å². The first-order valence-electron chi connectivity index (χ1n) is 8.56. The molecule has 0 aliphatic carbocycles. The lowest BCUT2D eigenvalue weighted by Crippen LogP contribution is -2.51. The molecule has 2 heterocycles. The standard InChI is InChI=1S/C18H21F3N6/c1-12-10-13(2)24-17(23-12)25-16(22)27-8-6-26(7-9-27)15-5-3-4-14(11-15)18(19,20)21/h3-5,10-11H,6-9H2,1-2H3,(H2,22,23,24,25). The van der Waals surface area contributed by atoms with Gasteiger partial charge in [0.05, 0.1) is 5.56 Å². The second-order valence-corrected chi connectivity index (χ2v) is 6.44. The molecule has 2 aromatic rings. The van der Waals surface area contributed by atoms with Crippen LogP contribution in [0.4, 0.5) is 24.8 Å². The molecule has 1 aliphatic heterocycles. The van der Waals surface area contributed by atoms with Gasteiger partial charge in [0.1, 0.15) is 0 Å². The van der Waals surface area contributed by atoms with Crippen LogP contribution in [0.15, 0.2) is 35.3 Å². The second-order valence-electron chi connectivity index (χ2n) is 6.44. The Morgan fingerprint density at radius 1 is 1.04 bits per heavy atom. The van der Waals surface area contributed by atoms with E-state index >= 15 is 0 Å². The van der Waals surface area contributed by atoms with E-state index in [0.29, 0.717) is 43.8 Å². The van der Waals surface area contributed by atoms with Gasteiger partial charge in [0, 0.05) is 43.3 Å². The third kappa shape index (κ3) is 4.66. The third-order valence-electron chi connectivity index (χ3n) is 4.33. The van der Waals surface area contributed by atoms with Crippen LogP contribution in [0.5, 0.6) is 0 Å². The molecule has 1 aromatic carbocycles. The number of alkyl halides is 3. The number of aromatic nitrogens is 2. The highest BCUT2D eigenvalue weighted by Crippen LogP contribution is 2.31. The Kier molecular flexibility index (Phi) is 5.20. The normalized spacial score (nSPS) is 16.0. The SMILES string of the molecule is Cc1cc(C)nc(N=C(N)N2CCN(c3cccc(C(F)(F)F)c3)CC2)n1. The number of rotatable bonds is 2. The Morgan fingerprint density at radius 2 is 1.67 bits per heavy atom. The second kappa shape index (κ2) is 7.42. The van der Waals surface area contributed by atoms with Crippen LogP contribution in [0.3, 0.4) is 0 Å². The Bertz CT molecular complexity index is 821. The highest BCUT2D eigenvalue weighted by molar-refractivity contribution is 5.80. The van der Waals surface area contributed by atoms with Gasteiger partial charge in [-0.15, -0.1) is 0 Å². The molecule has 1 fully saturated rings. The van der Waals surface area contributed by atoms with Crippen LogP contribution < -0.4 is 10.6 Å². The maximum absolute atomic E-state index is 12.9. The van der Waals surface area contributed by atoms with E-state index in [4.69, 9.17) is 5.73 Å². The average Bonchev–Trinajstić information content (AvgIpc) is 2.60. The molecule has 0 saturated carbocycles. The molecule has 6 nitrogen and oxygen atoms in total. The van der Waals surface area contributed by atoms with Crippen LogP contribution in [0.25, 0.3) is 0 Å². The molecule has 3 rings (SSSR count). The highest BCUT2D eigenvalue weighted by atomic mass is 19.4. The molecule has 0 unspecified atom stereocenters. The van der Waals surface area contributed by atoms with Crippen molar-refractivity contribution in [1.82, 2.24) is 14.9 Å². The summed E-state index contributed by atoms with van der Waals surface area (Å²) in [5.41, 5.74) is 7.60. The van der Waals surface area contributed by atoms with Crippen LogP contribution in [0, 0.1) is 13.8 Å². The minimum absolute atomic E-state index is 0.309. The van der Waals surface area contributed by atoms with Crippen molar-refractivity contribution in [2.75, 3.05) is 31.1 Å². The molecule has 1 aromatic heterocycles. The van der Waals surface area contributed by atoms with Gasteiger partial charge in [0.25, 0.3) is 5.95 Å². The van der Waals surface area contributed by atoms with Crippen molar-refractivity contribution >= 4 is 17.6 Å². The minimum atomic E-state index is -4.35. The number of piperazine rings is 1. The van der Waals surface area contributed by atoms with Crippen LogP contribution >= 0.6 is 0 Å². The summed E-state index contributed by atoms with van der Waals surface area (Å²) in [4.78, 5) is 16.6. The molecule has 0 radical (unpaired) electrons. The molecular formula is C18H21F3N6. The molecule has 1 saturated heterocycles. The lowest BCUT2D eigenvalue weighted by Gasteiger charge is -2.36. The number of guanidine groups is 1. The molecule has 0 spiro atoms. The van der Waals surface area contributed by atoms with E-state index in [1.54, 1.807) is 6.07 Å². The van der Waals surface area contributed by atoms with Gasteiger partial charge in [-0.25, -0.2) is 9.97 Å². The van der Waals surface area contributed by atoms with Gasteiger partial charge in [-0.1, -0.05) is 6.07 Å². The van der Waals surface area contributed by atoms with Gasteiger partial charge in [0.2, 0.25) is 0 Å². The minimum Gasteiger partial charge on any atom is -0.369 e. The van der Waals surface area contributed by atoms with Crippen LogP contribution in [0.2, 0.25) is 0 Å². The maximum Gasteiger partial charge on any atom is 0.416 e. The van der Waals surface area contributed by atoms with Gasteiger partial charge in [-0.3, -0.25) is 0 Å². The Labute approximate surface area is 155 Å².